The monoisotopic (exact) mass is 265 g/mol. The van der Waals surface area contributed by atoms with Gasteiger partial charge < -0.3 is 10.1 Å². The highest BCUT2D eigenvalue weighted by molar-refractivity contribution is 5.27. The molecule has 0 aromatic carbocycles. The molecule has 0 spiro atoms. The van der Waals surface area contributed by atoms with Gasteiger partial charge in [-0.1, -0.05) is 0 Å². The molecule has 1 N–H and O–H groups in total. The van der Waals surface area contributed by atoms with Crippen LogP contribution in [0.25, 0.3) is 0 Å². The molecule has 1 aliphatic rings. The molecular formula is C15H27N3O. The molecule has 2 atom stereocenters. The SMILES string of the molecule is Cc1nn(C)c(C)c1C(C)NCCC1CCCCO1. The summed E-state index contributed by atoms with van der Waals surface area (Å²) in [6, 6.07) is 0.359. The molecule has 2 rings (SSSR count). The third-order valence-electron chi connectivity index (χ3n) is 4.19. The van der Waals surface area contributed by atoms with E-state index in [4.69, 9.17) is 4.74 Å². The average molecular weight is 265 g/mol. The van der Waals surface area contributed by atoms with Crippen molar-refractivity contribution in [3.8, 4) is 0 Å². The lowest BCUT2D eigenvalue weighted by Crippen LogP contribution is -2.27. The minimum atomic E-state index is 0.359. The molecule has 4 nitrogen and oxygen atoms in total. The van der Waals surface area contributed by atoms with Crippen molar-refractivity contribution >= 4 is 0 Å². The van der Waals surface area contributed by atoms with Crippen LogP contribution in [0.1, 0.15) is 55.6 Å². The number of hydrogen-bond acceptors (Lipinski definition) is 3. The predicted octanol–water partition coefficient (Wildman–Crippen LogP) is 2.65. The van der Waals surface area contributed by atoms with Crippen molar-refractivity contribution in [1.82, 2.24) is 15.1 Å². The molecule has 0 bridgehead atoms. The lowest BCUT2D eigenvalue weighted by molar-refractivity contribution is 0.0112. The Morgan fingerprint density at radius 2 is 2.21 bits per heavy atom. The minimum Gasteiger partial charge on any atom is -0.378 e. The zero-order valence-corrected chi connectivity index (χ0v) is 12.7. The van der Waals surface area contributed by atoms with Gasteiger partial charge in [-0.05, 0) is 53.0 Å². The summed E-state index contributed by atoms with van der Waals surface area (Å²) >= 11 is 0. The maximum absolute atomic E-state index is 5.76. The fraction of sp³-hybridized carbons (Fsp3) is 0.800. The van der Waals surface area contributed by atoms with Crippen LogP contribution in [0.4, 0.5) is 0 Å². The highest BCUT2D eigenvalue weighted by atomic mass is 16.5. The van der Waals surface area contributed by atoms with E-state index in [-0.39, 0.29) is 0 Å². The van der Waals surface area contributed by atoms with E-state index in [9.17, 15) is 0 Å². The molecule has 0 saturated carbocycles. The Morgan fingerprint density at radius 3 is 2.79 bits per heavy atom. The second-order valence-corrected chi connectivity index (χ2v) is 5.66. The van der Waals surface area contributed by atoms with Crippen LogP contribution in [0.5, 0.6) is 0 Å². The molecular weight excluding hydrogens is 238 g/mol. The Kier molecular flexibility index (Phi) is 4.99. The standard InChI is InChI=1S/C15H27N3O/c1-11(15-12(2)17-18(4)13(15)3)16-9-8-14-7-5-6-10-19-14/h11,14,16H,5-10H2,1-4H3. The van der Waals surface area contributed by atoms with Crippen LogP contribution in [0.3, 0.4) is 0 Å². The van der Waals surface area contributed by atoms with Crippen molar-refractivity contribution in [2.45, 2.75) is 58.6 Å². The van der Waals surface area contributed by atoms with Crippen molar-refractivity contribution in [2.24, 2.45) is 7.05 Å². The van der Waals surface area contributed by atoms with Gasteiger partial charge in [-0.25, -0.2) is 0 Å². The van der Waals surface area contributed by atoms with Crippen LogP contribution in [0, 0.1) is 13.8 Å². The van der Waals surface area contributed by atoms with Gasteiger partial charge in [0.1, 0.15) is 0 Å². The van der Waals surface area contributed by atoms with Crippen molar-refractivity contribution in [3.63, 3.8) is 0 Å². The van der Waals surface area contributed by atoms with Gasteiger partial charge in [0, 0.05) is 31.0 Å². The van der Waals surface area contributed by atoms with Gasteiger partial charge in [-0.3, -0.25) is 4.68 Å². The fourth-order valence-corrected chi connectivity index (χ4v) is 3.01. The summed E-state index contributed by atoms with van der Waals surface area (Å²) in [6.07, 6.45) is 5.35. The van der Waals surface area contributed by atoms with Crippen LogP contribution in [0.2, 0.25) is 0 Å². The van der Waals surface area contributed by atoms with E-state index in [1.54, 1.807) is 0 Å². The Labute approximate surface area is 116 Å². The van der Waals surface area contributed by atoms with E-state index < -0.39 is 0 Å². The third kappa shape index (κ3) is 3.57. The molecule has 2 unspecified atom stereocenters. The Hall–Kier alpha value is -0.870. The summed E-state index contributed by atoms with van der Waals surface area (Å²) < 4.78 is 7.73. The topological polar surface area (TPSA) is 39.1 Å². The number of aromatic nitrogens is 2. The summed E-state index contributed by atoms with van der Waals surface area (Å²) in [7, 11) is 2.01. The molecule has 0 amide bonds. The Bertz CT molecular complexity index is 408. The van der Waals surface area contributed by atoms with Crippen LogP contribution in [0.15, 0.2) is 0 Å². The first-order chi connectivity index (χ1) is 9.09. The molecule has 108 valence electrons. The van der Waals surface area contributed by atoms with Gasteiger partial charge in [-0.15, -0.1) is 0 Å². The highest BCUT2D eigenvalue weighted by Crippen LogP contribution is 2.21. The van der Waals surface area contributed by atoms with Crippen molar-refractivity contribution in [2.75, 3.05) is 13.2 Å². The van der Waals surface area contributed by atoms with Crippen LogP contribution in [-0.2, 0) is 11.8 Å². The number of ether oxygens (including phenoxy) is 1. The van der Waals surface area contributed by atoms with Gasteiger partial charge in [0.15, 0.2) is 0 Å². The summed E-state index contributed by atoms with van der Waals surface area (Å²) in [6.45, 7) is 8.40. The first-order valence-electron chi connectivity index (χ1n) is 7.44. The maximum Gasteiger partial charge on any atom is 0.0644 e. The minimum absolute atomic E-state index is 0.359. The lowest BCUT2D eigenvalue weighted by Gasteiger charge is -2.23. The molecule has 1 aromatic rings. The van der Waals surface area contributed by atoms with Gasteiger partial charge >= 0.3 is 0 Å². The number of hydrogen-bond donors (Lipinski definition) is 1. The van der Waals surface area contributed by atoms with Crippen molar-refractivity contribution < 1.29 is 4.74 Å². The van der Waals surface area contributed by atoms with Crippen LogP contribution in [-0.4, -0.2) is 29.0 Å². The van der Waals surface area contributed by atoms with Gasteiger partial charge in [-0.2, -0.15) is 5.10 Å². The molecule has 1 aliphatic heterocycles. The second-order valence-electron chi connectivity index (χ2n) is 5.66. The number of aryl methyl sites for hydroxylation is 2. The summed E-state index contributed by atoms with van der Waals surface area (Å²) in [5.74, 6) is 0. The summed E-state index contributed by atoms with van der Waals surface area (Å²) in [5.41, 5.74) is 3.73. The predicted molar refractivity (Wildman–Crippen MR) is 77.3 cm³/mol. The quantitative estimate of drug-likeness (QED) is 0.889. The van der Waals surface area contributed by atoms with E-state index in [2.05, 4.69) is 31.2 Å². The molecule has 1 fully saturated rings. The van der Waals surface area contributed by atoms with E-state index in [1.807, 2.05) is 11.7 Å². The number of nitrogens with zero attached hydrogens (tertiary/aromatic N) is 2. The van der Waals surface area contributed by atoms with Gasteiger partial charge in [0.2, 0.25) is 0 Å². The largest absolute Gasteiger partial charge is 0.378 e. The first kappa shape index (κ1) is 14.5. The third-order valence-corrected chi connectivity index (χ3v) is 4.19. The Morgan fingerprint density at radius 1 is 1.42 bits per heavy atom. The summed E-state index contributed by atoms with van der Waals surface area (Å²) in [5, 5.41) is 8.09. The average Bonchev–Trinajstić information content (AvgIpc) is 2.64. The summed E-state index contributed by atoms with van der Waals surface area (Å²) in [4.78, 5) is 0. The van der Waals surface area contributed by atoms with E-state index in [1.165, 1.54) is 30.5 Å². The zero-order valence-electron chi connectivity index (χ0n) is 12.7. The molecule has 1 aromatic heterocycles. The van der Waals surface area contributed by atoms with E-state index >= 15 is 0 Å². The normalized spacial score (nSPS) is 21.6. The molecule has 19 heavy (non-hydrogen) atoms. The van der Waals surface area contributed by atoms with E-state index in [0.717, 1.165) is 25.3 Å². The number of nitrogens with one attached hydrogen (secondary N) is 1. The lowest BCUT2D eigenvalue weighted by atomic mass is 10.0. The maximum atomic E-state index is 5.76. The van der Waals surface area contributed by atoms with Crippen molar-refractivity contribution in [3.05, 3.63) is 17.0 Å². The Balaban J connectivity index is 1.82. The van der Waals surface area contributed by atoms with Crippen molar-refractivity contribution in [1.29, 1.82) is 0 Å². The highest BCUT2D eigenvalue weighted by Gasteiger charge is 2.17. The second kappa shape index (κ2) is 6.53. The van der Waals surface area contributed by atoms with Gasteiger partial charge in [0.05, 0.1) is 11.8 Å². The van der Waals surface area contributed by atoms with E-state index in [0.29, 0.717) is 12.1 Å². The smallest absolute Gasteiger partial charge is 0.0644 e. The van der Waals surface area contributed by atoms with Crippen LogP contribution >= 0.6 is 0 Å². The molecule has 1 saturated heterocycles. The fourth-order valence-electron chi connectivity index (χ4n) is 3.01. The molecule has 0 aliphatic carbocycles. The molecule has 4 heteroatoms. The molecule has 0 radical (unpaired) electrons. The van der Waals surface area contributed by atoms with Crippen LogP contribution < -0.4 is 5.32 Å². The van der Waals surface area contributed by atoms with Gasteiger partial charge in [0.25, 0.3) is 0 Å². The molecule has 2 heterocycles. The number of rotatable bonds is 5. The first-order valence-corrected chi connectivity index (χ1v) is 7.44. The zero-order chi connectivity index (χ0) is 13.8.